The molecule has 2 nitrogen and oxygen atoms in total. The van der Waals surface area contributed by atoms with Gasteiger partial charge in [-0.05, 0) is 25.0 Å². The summed E-state index contributed by atoms with van der Waals surface area (Å²) in [6.45, 7) is 6.46. The standard InChI is InChI=1S/C12H18N2/c1-3-12(2)9-13-11-7-5-4-6-10(11)8-14-12/h4-7,13-14H,3,8-9H2,1-2H3/t12-/m0/s1. The van der Waals surface area contributed by atoms with E-state index in [2.05, 4.69) is 48.7 Å². The first-order valence-electron chi connectivity index (χ1n) is 5.30. The Balaban J connectivity index is 2.22. The third-order valence-electron chi connectivity index (χ3n) is 3.17. The average molecular weight is 190 g/mol. The molecule has 1 aromatic carbocycles. The van der Waals surface area contributed by atoms with Crippen LogP contribution in [0.3, 0.4) is 0 Å². The number of benzene rings is 1. The Kier molecular flexibility index (Phi) is 2.46. The first-order chi connectivity index (χ1) is 6.73. The number of hydrogen-bond donors (Lipinski definition) is 2. The Morgan fingerprint density at radius 1 is 1.36 bits per heavy atom. The highest BCUT2D eigenvalue weighted by molar-refractivity contribution is 5.52. The maximum absolute atomic E-state index is 3.60. The zero-order valence-corrected chi connectivity index (χ0v) is 8.93. The van der Waals surface area contributed by atoms with Gasteiger partial charge in [-0.2, -0.15) is 0 Å². The van der Waals surface area contributed by atoms with Crippen molar-refractivity contribution in [3.63, 3.8) is 0 Å². The summed E-state index contributed by atoms with van der Waals surface area (Å²) in [5.74, 6) is 0. The van der Waals surface area contributed by atoms with Crippen molar-refractivity contribution in [2.24, 2.45) is 0 Å². The third-order valence-corrected chi connectivity index (χ3v) is 3.17. The highest BCUT2D eigenvalue weighted by atomic mass is 15.1. The van der Waals surface area contributed by atoms with Gasteiger partial charge in [0.25, 0.3) is 0 Å². The molecule has 0 fully saturated rings. The van der Waals surface area contributed by atoms with Gasteiger partial charge in [0.2, 0.25) is 0 Å². The third kappa shape index (κ3) is 1.75. The second-order valence-electron chi connectivity index (χ2n) is 4.28. The van der Waals surface area contributed by atoms with E-state index in [4.69, 9.17) is 0 Å². The minimum absolute atomic E-state index is 0.221. The van der Waals surface area contributed by atoms with Crippen LogP contribution in [0.25, 0.3) is 0 Å². The first-order valence-corrected chi connectivity index (χ1v) is 5.30. The van der Waals surface area contributed by atoms with Crippen LogP contribution in [0.15, 0.2) is 24.3 Å². The molecule has 1 aliphatic heterocycles. The fourth-order valence-corrected chi connectivity index (χ4v) is 1.76. The number of hydrogen-bond acceptors (Lipinski definition) is 2. The Morgan fingerprint density at radius 2 is 2.14 bits per heavy atom. The first kappa shape index (κ1) is 9.53. The molecule has 0 amide bonds. The van der Waals surface area contributed by atoms with Crippen LogP contribution in [0, 0.1) is 0 Å². The fourth-order valence-electron chi connectivity index (χ4n) is 1.76. The average Bonchev–Trinajstić information content (AvgIpc) is 2.40. The van der Waals surface area contributed by atoms with Gasteiger partial charge >= 0.3 is 0 Å². The van der Waals surface area contributed by atoms with Crippen LogP contribution in [0.5, 0.6) is 0 Å². The van der Waals surface area contributed by atoms with E-state index in [0.29, 0.717) is 0 Å². The topological polar surface area (TPSA) is 24.1 Å². The van der Waals surface area contributed by atoms with E-state index >= 15 is 0 Å². The Morgan fingerprint density at radius 3 is 2.93 bits per heavy atom. The molecule has 2 rings (SSSR count). The summed E-state index contributed by atoms with van der Waals surface area (Å²) in [5.41, 5.74) is 2.86. The predicted molar refractivity (Wildman–Crippen MR) is 60.5 cm³/mol. The summed E-state index contributed by atoms with van der Waals surface area (Å²) in [6, 6.07) is 8.51. The van der Waals surface area contributed by atoms with Gasteiger partial charge in [-0.25, -0.2) is 0 Å². The van der Waals surface area contributed by atoms with Gasteiger partial charge in [-0.15, -0.1) is 0 Å². The van der Waals surface area contributed by atoms with Crippen LogP contribution in [0.2, 0.25) is 0 Å². The lowest BCUT2D eigenvalue weighted by molar-refractivity contribution is 0.365. The lowest BCUT2D eigenvalue weighted by Crippen LogP contribution is -2.45. The van der Waals surface area contributed by atoms with Crippen LogP contribution in [-0.4, -0.2) is 12.1 Å². The van der Waals surface area contributed by atoms with Crippen molar-refractivity contribution < 1.29 is 0 Å². The molecule has 0 saturated carbocycles. The van der Waals surface area contributed by atoms with Gasteiger partial charge < -0.3 is 10.6 Å². The largest absolute Gasteiger partial charge is 0.383 e. The number of nitrogens with one attached hydrogen (secondary N) is 2. The minimum Gasteiger partial charge on any atom is -0.383 e. The van der Waals surface area contributed by atoms with E-state index in [0.717, 1.165) is 19.5 Å². The van der Waals surface area contributed by atoms with Crippen molar-refractivity contribution in [1.29, 1.82) is 0 Å². The molecule has 14 heavy (non-hydrogen) atoms. The highest BCUT2D eigenvalue weighted by Gasteiger charge is 2.24. The van der Waals surface area contributed by atoms with Crippen LogP contribution in [0.1, 0.15) is 25.8 Å². The smallest absolute Gasteiger partial charge is 0.0386 e. The molecule has 1 aromatic rings. The second kappa shape index (κ2) is 3.62. The second-order valence-corrected chi connectivity index (χ2v) is 4.28. The van der Waals surface area contributed by atoms with Crippen molar-refractivity contribution in [1.82, 2.24) is 5.32 Å². The Labute approximate surface area is 85.7 Å². The van der Waals surface area contributed by atoms with Crippen LogP contribution >= 0.6 is 0 Å². The number of rotatable bonds is 1. The van der Waals surface area contributed by atoms with Crippen molar-refractivity contribution in [2.75, 3.05) is 11.9 Å². The Hall–Kier alpha value is -1.02. The van der Waals surface area contributed by atoms with Gasteiger partial charge in [-0.1, -0.05) is 25.1 Å². The van der Waals surface area contributed by atoms with Crippen LogP contribution in [0.4, 0.5) is 5.69 Å². The normalized spacial score (nSPS) is 26.1. The van der Waals surface area contributed by atoms with Gasteiger partial charge in [0, 0.05) is 24.3 Å². The molecule has 1 heterocycles. The summed E-state index contributed by atoms with van der Waals surface area (Å²) >= 11 is 0. The molecule has 0 radical (unpaired) electrons. The van der Waals surface area contributed by atoms with Crippen molar-refractivity contribution in [3.8, 4) is 0 Å². The molecule has 76 valence electrons. The maximum atomic E-state index is 3.60. The molecule has 1 aliphatic rings. The van der Waals surface area contributed by atoms with E-state index < -0.39 is 0 Å². The zero-order valence-electron chi connectivity index (χ0n) is 8.93. The summed E-state index contributed by atoms with van der Waals surface area (Å²) in [7, 11) is 0. The zero-order chi connectivity index (χ0) is 10.0. The molecule has 0 saturated heterocycles. The van der Waals surface area contributed by atoms with Crippen LogP contribution in [-0.2, 0) is 6.54 Å². The van der Waals surface area contributed by atoms with Crippen LogP contribution < -0.4 is 10.6 Å². The summed E-state index contributed by atoms with van der Waals surface area (Å²) in [6.07, 6.45) is 1.15. The molecule has 0 bridgehead atoms. The fraction of sp³-hybridized carbons (Fsp3) is 0.500. The number of para-hydroxylation sites is 1. The van der Waals surface area contributed by atoms with E-state index in [1.54, 1.807) is 0 Å². The molecule has 2 N–H and O–H groups in total. The SMILES string of the molecule is CC[C@@]1(C)CNc2ccccc2CN1. The summed E-state index contributed by atoms with van der Waals surface area (Å²) < 4.78 is 0. The molecule has 0 aromatic heterocycles. The monoisotopic (exact) mass is 190 g/mol. The summed E-state index contributed by atoms with van der Waals surface area (Å²) in [5, 5.41) is 7.11. The molecular weight excluding hydrogens is 172 g/mol. The Bertz CT molecular complexity index is 293. The van der Waals surface area contributed by atoms with Gasteiger partial charge in [0.15, 0.2) is 0 Å². The predicted octanol–water partition coefficient (Wildman–Crippen LogP) is 2.37. The van der Waals surface area contributed by atoms with E-state index in [-0.39, 0.29) is 5.54 Å². The molecule has 2 heteroatoms. The quantitative estimate of drug-likeness (QED) is 0.710. The minimum atomic E-state index is 0.221. The van der Waals surface area contributed by atoms with Crippen molar-refractivity contribution in [3.05, 3.63) is 29.8 Å². The van der Waals surface area contributed by atoms with Gasteiger partial charge in [0.05, 0.1) is 0 Å². The lowest BCUT2D eigenvalue weighted by Gasteiger charge is -2.27. The number of fused-ring (bicyclic) bond motifs is 1. The molecule has 0 unspecified atom stereocenters. The molecule has 0 aliphatic carbocycles. The van der Waals surface area contributed by atoms with Gasteiger partial charge in [-0.3, -0.25) is 0 Å². The summed E-state index contributed by atoms with van der Waals surface area (Å²) in [4.78, 5) is 0. The molecule has 0 spiro atoms. The van der Waals surface area contributed by atoms with Crippen molar-refractivity contribution in [2.45, 2.75) is 32.4 Å². The van der Waals surface area contributed by atoms with E-state index in [1.165, 1.54) is 11.3 Å². The maximum Gasteiger partial charge on any atom is 0.0386 e. The van der Waals surface area contributed by atoms with E-state index in [1.807, 2.05) is 0 Å². The van der Waals surface area contributed by atoms with E-state index in [9.17, 15) is 0 Å². The molecular formula is C12H18N2. The highest BCUT2D eigenvalue weighted by Crippen LogP contribution is 2.21. The lowest BCUT2D eigenvalue weighted by atomic mass is 9.99. The molecule has 1 atom stereocenters. The number of anilines is 1. The van der Waals surface area contributed by atoms with Crippen molar-refractivity contribution >= 4 is 5.69 Å². The van der Waals surface area contributed by atoms with Gasteiger partial charge in [0.1, 0.15) is 0 Å².